The lowest BCUT2D eigenvalue weighted by Gasteiger charge is -2.24. The van der Waals surface area contributed by atoms with E-state index in [9.17, 15) is 9.36 Å². The van der Waals surface area contributed by atoms with Crippen molar-refractivity contribution in [3.8, 4) is 5.75 Å². The van der Waals surface area contributed by atoms with Crippen LogP contribution in [0.4, 0.5) is 0 Å². The predicted octanol–water partition coefficient (Wildman–Crippen LogP) is 2.38. The molecule has 0 aliphatic rings. The van der Waals surface area contributed by atoms with Gasteiger partial charge in [0.2, 0.25) is 0 Å². The molecule has 1 unspecified atom stereocenters. The van der Waals surface area contributed by atoms with Crippen molar-refractivity contribution in [2.24, 2.45) is 5.73 Å². The van der Waals surface area contributed by atoms with Crippen LogP contribution in [0.3, 0.4) is 0 Å². The van der Waals surface area contributed by atoms with Crippen LogP contribution in [-0.2, 0) is 14.1 Å². The van der Waals surface area contributed by atoms with Gasteiger partial charge in [0, 0.05) is 6.54 Å². The van der Waals surface area contributed by atoms with Crippen LogP contribution in [0.25, 0.3) is 0 Å². The van der Waals surface area contributed by atoms with Crippen LogP contribution in [-0.4, -0.2) is 31.3 Å². The quantitative estimate of drug-likeness (QED) is 0.562. The van der Waals surface area contributed by atoms with Crippen molar-refractivity contribution in [3.63, 3.8) is 0 Å². The molecule has 0 aliphatic heterocycles. The molecule has 1 rings (SSSR count). The van der Waals surface area contributed by atoms with Gasteiger partial charge in [0.05, 0.1) is 12.8 Å². The van der Waals surface area contributed by atoms with Crippen LogP contribution < -0.4 is 15.3 Å². The van der Waals surface area contributed by atoms with Crippen LogP contribution in [0, 0.1) is 13.8 Å². The second kappa shape index (κ2) is 8.32. The van der Waals surface area contributed by atoms with Crippen LogP contribution in [0.2, 0.25) is 0 Å². The standard InChI is InChI=1S/C15H25N2O4P/c1-5-20-15(18)13(4)17-22(19,10-9-16)21-14-11(2)7-6-8-12(14)3/h6-8,13H,5,9-10,16H2,1-4H3,(H,17,19)/t13-,22?/m0/s1. The summed E-state index contributed by atoms with van der Waals surface area (Å²) in [6, 6.07) is 4.93. The fourth-order valence-electron chi connectivity index (χ4n) is 2.01. The Morgan fingerprint density at radius 2 is 1.95 bits per heavy atom. The largest absolute Gasteiger partial charge is 0.465 e. The Morgan fingerprint density at radius 3 is 2.45 bits per heavy atom. The van der Waals surface area contributed by atoms with Gasteiger partial charge in [-0.1, -0.05) is 18.2 Å². The molecular weight excluding hydrogens is 303 g/mol. The minimum Gasteiger partial charge on any atom is -0.465 e. The van der Waals surface area contributed by atoms with E-state index < -0.39 is 19.5 Å². The van der Waals surface area contributed by atoms with Crippen LogP contribution >= 0.6 is 7.52 Å². The predicted molar refractivity (Wildman–Crippen MR) is 87.3 cm³/mol. The number of ether oxygens (including phenoxy) is 1. The fourth-order valence-corrected chi connectivity index (χ4v) is 3.90. The van der Waals surface area contributed by atoms with E-state index in [2.05, 4.69) is 5.09 Å². The minimum atomic E-state index is -3.30. The molecule has 22 heavy (non-hydrogen) atoms. The van der Waals surface area contributed by atoms with Crippen molar-refractivity contribution >= 4 is 13.5 Å². The van der Waals surface area contributed by atoms with Gasteiger partial charge in [-0.05, 0) is 38.8 Å². The lowest BCUT2D eigenvalue weighted by atomic mass is 10.1. The molecule has 1 aromatic carbocycles. The van der Waals surface area contributed by atoms with Crippen LogP contribution in [0.1, 0.15) is 25.0 Å². The number of benzene rings is 1. The topological polar surface area (TPSA) is 90.7 Å². The molecule has 0 bridgehead atoms. The van der Waals surface area contributed by atoms with Gasteiger partial charge in [0.1, 0.15) is 11.8 Å². The number of aryl methyl sites for hydroxylation is 2. The summed E-state index contributed by atoms with van der Waals surface area (Å²) >= 11 is 0. The van der Waals surface area contributed by atoms with Gasteiger partial charge in [0.15, 0.2) is 0 Å². The molecule has 1 aromatic rings. The molecule has 124 valence electrons. The molecule has 0 aromatic heterocycles. The summed E-state index contributed by atoms with van der Waals surface area (Å²) in [6.07, 6.45) is 0.129. The van der Waals surface area contributed by atoms with Gasteiger partial charge in [0.25, 0.3) is 0 Å². The Morgan fingerprint density at radius 1 is 1.36 bits per heavy atom. The van der Waals surface area contributed by atoms with E-state index in [1.165, 1.54) is 0 Å². The van der Waals surface area contributed by atoms with E-state index in [0.29, 0.717) is 5.75 Å². The molecule has 0 amide bonds. The highest BCUT2D eigenvalue weighted by Gasteiger charge is 2.30. The Hall–Kier alpha value is -1.36. The average molecular weight is 328 g/mol. The third kappa shape index (κ3) is 5.13. The molecule has 0 aliphatic carbocycles. The van der Waals surface area contributed by atoms with Gasteiger partial charge in [-0.15, -0.1) is 0 Å². The smallest absolute Gasteiger partial charge is 0.323 e. The maximum absolute atomic E-state index is 13.0. The highest BCUT2D eigenvalue weighted by atomic mass is 31.2. The summed E-state index contributed by atoms with van der Waals surface area (Å²) in [5.74, 6) is 0.0905. The summed E-state index contributed by atoms with van der Waals surface area (Å²) in [6.45, 7) is 7.52. The first-order valence-electron chi connectivity index (χ1n) is 7.32. The number of nitrogens with one attached hydrogen (secondary N) is 1. The molecule has 6 nitrogen and oxygen atoms in total. The third-order valence-electron chi connectivity index (χ3n) is 3.10. The molecule has 0 fully saturated rings. The SMILES string of the molecule is CCOC(=O)[C@H](C)NP(=O)(CCN)Oc1c(C)cccc1C. The fraction of sp³-hybridized carbons (Fsp3) is 0.533. The Balaban J connectivity index is 2.96. The molecular formula is C15H25N2O4P. The van der Waals surface area contributed by atoms with Crippen LogP contribution in [0.15, 0.2) is 18.2 Å². The van der Waals surface area contributed by atoms with E-state index >= 15 is 0 Å². The zero-order valence-electron chi connectivity index (χ0n) is 13.6. The third-order valence-corrected chi connectivity index (χ3v) is 5.21. The lowest BCUT2D eigenvalue weighted by molar-refractivity contribution is -0.144. The van der Waals surface area contributed by atoms with E-state index in [1.807, 2.05) is 32.0 Å². The molecule has 0 saturated carbocycles. The van der Waals surface area contributed by atoms with E-state index in [0.717, 1.165) is 11.1 Å². The van der Waals surface area contributed by atoms with Gasteiger partial charge < -0.3 is 15.0 Å². The van der Waals surface area contributed by atoms with Crippen LogP contribution in [0.5, 0.6) is 5.75 Å². The summed E-state index contributed by atoms with van der Waals surface area (Å²) in [5.41, 5.74) is 7.30. The molecule has 3 N–H and O–H groups in total. The van der Waals surface area contributed by atoms with Crippen molar-refractivity contribution in [1.82, 2.24) is 5.09 Å². The number of nitrogens with two attached hydrogens (primary N) is 1. The monoisotopic (exact) mass is 328 g/mol. The maximum atomic E-state index is 13.0. The Bertz CT molecular complexity index is 542. The Kier molecular flexibility index (Phi) is 7.07. The second-order valence-electron chi connectivity index (χ2n) is 5.10. The lowest BCUT2D eigenvalue weighted by Crippen LogP contribution is -2.36. The summed E-state index contributed by atoms with van der Waals surface area (Å²) in [4.78, 5) is 11.7. The molecule has 0 heterocycles. The first-order chi connectivity index (χ1) is 10.3. The number of carbonyl (C=O) groups excluding carboxylic acids is 1. The zero-order valence-corrected chi connectivity index (χ0v) is 14.5. The summed E-state index contributed by atoms with van der Waals surface area (Å²) in [7, 11) is -3.30. The number of hydrogen-bond acceptors (Lipinski definition) is 5. The molecule has 0 spiro atoms. The summed E-state index contributed by atoms with van der Waals surface area (Å²) < 4.78 is 23.7. The maximum Gasteiger partial charge on any atom is 0.323 e. The summed E-state index contributed by atoms with van der Waals surface area (Å²) in [5, 5.41) is 2.76. The van der Waals surface area contributed by atoms with Gasteiger partial charge in [-0.25, -0.2) is 5.09 Å². The number of rotatable bonds is 8. The molecule has 2 atom stereocenters. The van der Waals surface area contributed by atoms with E-state index in [1.54, 1.807) is 13.8 Å². The van der Waals surface area contributed by atoms with Crippen molar-refractivity contribution in [2.75, 3.05) is 19.3 Å². The van der Waals surface area contributed by atoms with Crippen molar-refractivity contribution in [1.29, 1.82) is 0 Å². The number of carbonyl (C=O) groups is 1. The molecule has 0 saturated heterocycles. The van der Waals surface area contributed by atoms with Gasteiger partial charge in [-0.3, -0.25) is 9.36 Å². The van der Waals surface area contributed by atoms with Crippen molar-refractivity contribution in [2.45, 2.75) is 33.7 Å². The minimum absolute atomic E-state index is 0.129. The normalized spacial score (nSPS) is 15.0. The van der Waals surface area contributed by atoms with E-state index in [-0.39, 0.29) is 19.3 Å². The highest BCUT2D eigenvalue weighted by molar-refractivity contribution is 7.57. The first kappa shape index (κ1) is 18.7. The average Bonchev–Trinajstić information content (AvgIpc) is 2.43. The number of hydrogen-bond donors (Lipinski definition) is 2. The van der Waals surface area contributed by atoms with E-state index in [4.69, 9.17) is 15.0 Å². The zero-order chi connectivity index (χ0) is 16.8. The second-order valence-corrected chi connectivity index (χ2v) is 7.34. The number of para-hydroxylation sites is 1. The molecule has 0 radical (unpaired) electrons. The van der Waals surface area contributed by atoms with Crippen molar-refractivity contribution in [3.05, 3.63) is 29.3 Å². The van der Waals surface area contributed by atoms with Gasteiger partial charge in [-0.2, -0.15) is 0 Å². The first-order valence-corrected chi connectivity index (χ1v) is 9.13. The molecule has 7 heteroatoms. The van der Waals surface area contributed by atoms with Gasteiger partial charge >= 0.3 is 13.5 Å². The Labute approximate surface area is 131 Å². The van der Waals surface area contributed by atoms with Crippen molar-refractivity contribution < 1.29 is 18.6 Å². The number of esters is 1. The highest BCUT2D eigenvalue weighted by Crippen LogP contribution is 2.45.